The quantitative estimate of drug-likeness (QED) is 0.377. The molecule has 8 nitrogen and oxygen atoms in total. The number of rotatable bonds is 11. The predicted molar refractivity (Wildman–Crippen MR) is 149 cm³/mol. The highest BCUT2D eigenvalue weighted by atomic mass is 35.5. The summed E-state index contributed by atoms with van der Waals surface area (Å²) in [6.07, 6.45) is 0. The molecule has 2 amide bonds. The van der Waals surface area contributed by atoms with Gasteiger partial charge in [0, 0.05) is 13.1 Å². The van der Waals surface area contributed by atoms with E-state index in [1.54, 1.807) is 32.0 Å². The van der Waals surface area contributed by atoms with Gasteiger partial charge in [-0.05, 0) is 56.7 Å². The first-order valence-electron chi connectivity index (χ1n) is 12.1. The first kappa shape index (κ1) is 29.0. The molecule has 0 aliphatic heterocycles. The van der Waals surface area contributed by atoms with Gasteiger partial charge < -0.3 is 15.0 Å². The van der Waals surface area contributed by atoms with E-state index in [2.05, 4.69) is 5.32 Å². The van der Waals surface area contributed by atoms with Crippen LogP contribution in [0.2, 0.25) is 5.02 Å². The number of carbonyl (C=O) groups excluding carboxylic acids is 2. The maximum Gasteiger partial charge on any atom is 0.264 e. The minimum Gasteiger partial charge on any atom is -0.495 e. The highest BCUT2D eigenvalue weighted by Crippen LogP contribution is 2.32. The number of nitrogens with one attached hydrogen (secondary N) is 1. The van der Waals surface area contributed by atoms with Crippen molar-refractivity contribution in [3.8, 4) is 5.75 Å². The molecule has 0 aromatic heterocycles. The first-order valence-corrected chi connectivity index (χ1v) is 13.9. The molecule has 38 heavy (non-hydrogen) atoms. The molecule has 1 atom stereocenters. The fourth-order valence-corrected chi connectivity index (χ4v) is 5.52. The zero-order chi connectivity index (χ0) is 27.9. The van der Waals surface area contributed by atoms with Crippen LogP contribution >= 0.6 is 11.6 Å². The number of benzene rings is 3. The molecule has 10 heteroatoms. The van der Waals surface area contributed by atoms with E-state index in [1.807, 2.05) is 37.3 Å². The number of carbonyl (C=O) groups is 2. The minimum atomic E-state index is -4.18. The molecule has 0 bridgehead atoms. The van der Waals surface area contributed by atoms with Crippen molar-refractivity contribution in [1.29, 1.82) is 0 Å². The normalized spacial score (nSPS) is 11.9. The molecule has 3 aromatic rings. The first-order chi connectivity index (χ1) is 18.1. The molecular weight excluding hydrogens is 526 g/mol. The third-order valence-corrected chi connectivity index (χ3v) is 8.11. The second-order valence-electron chi connectivity index (χ2n) is 8.72. The fourth-order valence-electron chi connectivity index (χ4n) is 3.86. The lowest BCUT2D eigenvalue weighted by Crippen LogP contribution is -2.51. The highest BCUT2D eigenvalue weighted by Gasteiger charge is 2.32. The Bertz CT molecular complexity index is 1360. The molecule has 0 heterocycles. The number of halogens is 1. The zero-order valence-electron chi connectivity index (χ0n) is 21.8. The standard InChI is InChI=1S/C28H32ClN3O5S/c1-5-30-28(34)21(3)31(18-22-9-7-6-8-10-22)27(33)19-32(23-13-16-26(37-4)25(29)17-23)38(35,36)24-14-11-20(2)12-15-24/h6-17,21H,5,18-19H2,1-4H3,(H,30,34)/t21-/m1/s1. The van der Waals surface area contributed by atoms with Crippen LogP contribution in [0.4, 0.5) is 5.69 Å². The van der Waals surface area contributed by atoms with Gasteiger partial charge in [-0.3, -0.25) is 13.9 Å². The fraction of sp³-hybridized carbons (Fsp3) is 0.286. The van der Waals surface area contributed by atoms with Crippen LogP contribution in [0.25, 0.3) is 0 Å². The molecule has 0 aliphatic carbocycles. The number of nitrogens with zero attached hydrogens (tertiary/aromatic N) is 2. The Labute approximate surface area is 229 Å². The van der Waals surface area contributed by atoms with Crippen LogP contribution in [0.3, 0.4) is 0 Å². The molecular formula is C28H32ClN3O5S. The Hall–Kier alpha value is -3.56. The summed E-state index contributed by atoms with van der Waals surface area (Å²) >= 11 is 6.33. The molecule has 0 radical (unpaired) electrons. The van der Waals surface area contributed by atoms with Crippen molar-refractivity contribution in [2.24, 2.45) is 0 Å². The summed E-state index contributed by atoms with van der Waals surface area (Å²) < 4.78 is 33.9. The number of methoxy groups -OCH3 is 1. The van der Waals surface area contributed by atoms with Crippen molar-refractivity contribution in [2.75, 3.05) is 24.5 Å². The molecule has 202 valence electrons. The molecule has 3 aromatic carbocycles. The summed E-state index contributed by atoms with van der Waals surface area (Å²) in [5, 5.41) is 2.93. The average Bonchev–Trinajstić information content (AvgIpc) is 2.90. The summed E-state index contributed by atoms with van der Waals surface area (Å²) in [5.41, 5.74) is 1.89. The van der Waals surface area contributed by atoms with Crippen LogP contribution < -0.4 is 14.4 Å². The van der Waals surface area contributed by atoms with Crippen LogP contribution in [0.5, 0.6) is 5.75 Å². The summed E-state index contributed by atoms with van der Waals surface area (Å²) in [4.78, 5) is 27.9. The predicted octanol–water partition coefficient (Wildman–Crippen LogP) is 4.41. The number of anilines is 1. The van der Waals surface area contributed by atoms with Crippen LogP contribution in [-0.2, 0) is 26.2 Å². The third-order valence-electron chi connectivity index (χ3n) is 6.03. The van der Waals surface area contributed by atoms with Gasteiger partial charge in [0.15, 0.2) is 0 Å². The third kappa shape index (κ3) is 6.85. The van der Waals surface area contributed by atoms with Crippen molar-refractivity contribution in [3.05, 3.63) is 88.9 Å². The topological polar surface area (TPSA) is 96.0 Å². The number of sulfonamides is 1. The van der Waals surface area contributed by atoms with Crippen molar-refractivity contribution in [1.82, 2.24) is 10.2 Å². The monoisotopic (exact) mass is 557 g/mol. The molecule has 0 saturated carbocycles. The average molecular weight is 558 g/mol. The zero-order valence-corrected chi connectivity index (χ0v) is 23.4. The van der Waals surface area contributed by atoms with Gasteiger partial charge in [0.05, 0.1) is 22.7 Å². The van der Waals surface area contributed by atoms with Crippen LogP contribution in [-0.4, -0.2) is 51.4 Å². The summed E-state index contributed by atoms with van der Waals surface area (Å²) in [5.74, 6) is -0.516. The van der Waals surface area contributed by atoms with E-state index in [0.29, 0.717) is 12.3 Å². The van der Waals surface area contributed by atoms with Gasteiger partial charge in [0.25, 0.3) is 10.0 Å². The van der Waals surface area contributed by atoms with Gasteiger partial charge >= 0.3 is 0 Å². The van der Waals surface area contributed by atoms with Gasteiger partial charge in [-0.15, -0.1) is 0 Å². The van der Waals surface area contributed by atoms with E-state index in [0.717, 1.165) is 15.4 Å². The van der Waals surface area contributed by atoms with E-state index in [1.165, 1.54) is 36.3 Å². The number of amides is 2. The minimum absolute atomic E-state index is 0.0224. The van der Waals surface area contributed by atoms with Gasteiger partial charge in [0.2, 0.25) is 11.8 Å². The van der Waals surface area contributed by atoms with E-state index < -0.39 is 28.5 Å². The SMILES string of the molecule is CCNC(=O)[C@@H](C)N(Cc1ccccc1)C(=O)CN(c1ccc(OC)c(Cl)c1)S(=O)(=O)c1ccc(C)cc1. The summed E-state index contributed by atoms with van der Waals surface area (Å²) in [6.45, 7) is 5.24. The summed E-state index contributed by atoms with van der Waals surface area (Å²) in [6, 6.07) is 19.2. The Morgan fingerprint density at radius 1 is 1.03 bits per heavy atom. The lowest BCUT2D eigenvalue weighted by Gasteiger charge is -2.32. The van der Waals surface area contributed by atoms with Crippen molar-refractivity contribution < 1.29 is 22.7 Å². The number of likely N-dealkylation sites (N-methyl/N-ethyl adjacent to an activating group) is 1. The Morgan fingerprint density at radius 3 is 2.26 bits per heavy atom. The van der Waals surface area contributed by atoms with Crippen LogP contribution in [0.1, 0.15) is 25.0 Å². The lowest BCUT2D eigenvalue weighted by atomic mass is 10.1. The second-order valence-corrected chi connectivity index (χ2v) is 11.0. The van der Waals surface area contributed by atoms with Gasteiger partial charge in [-0.25, -0.2) is 8.42 Å². The second kappa shape index (κ2) is 12.8. The van der Waals surface area contributed by atoms with Crippen molar-refractivity contribution in [3.63, 3.8) is 0 Å². The Morgan fingerprint density at radius 2 is 1.68 bits per heavy atom. The van der Waals surface area contributed by atoms with Gasteiger partial charge in [0.1, 0.15) is 18.3 Å². The molecule has 0 fully saturated rings. The number of hydrogen-bond acceptors (Lipinski definition) is 5. The molecule has 1 N–H and O–H groups in total. The maximum absolute atomic E-state index is 13.8. The van der Waals surface area contributed by atoms with Crippen LogP contribution in [0.15, 0.2) is 77.7 Å². The molecule has 0 saturated heterocycles. The van der Waals surface area contributed by atoms with E-state index in [4.69, 9.17) is 16.3 Å². The van der Waals surface area contributed by atoms with Crippen molar-refractivity contribution >= 4 is 39.1 Å². The molecule has 0 spiro atoms. The van der Waals surface area contributed by atoms with E-state index in [9.17, 15) is 18.0 Å². The van der Waals surface area contributed by atoms with E-state index >= 15 is 0 Å². The molecule has 0 unspecified atom stereocenters. The van der Waals surface area contributed by atoms with Gasteiger partial charge in [-0.2, -0.15) is 0 Å². The Kier molecular flexibility index (Phi) is 9.77. The summed E-state index contributed by atoms with van der Waals surface area (Å²) in [7, 11) is -2.73. The van der Waals surface area contributed by atoms with Crippen molar-refractivity contribution in [2.45, 2.75) is 38.3 Å². The highest BCUT2D eigenvalue weighted by molar-refractivity contribution is 7.92. The number of hydrogen-bond donors (Lipinski definition) is 1. The molecule has 3 rings (SSSR count). The van der Waals surface area contributed by atoms with E-state index in [-0.39, 0.29) is 28.1 Å². The van der Waals surface area contributed by atoms with Gasteiger partial charge in [-0.1, -0.05) is 59.6 Å². The maximum atomic E-state index is 13.8. The lowest BCUT2D eigenvalue weighted by molar-refractivity contribution is -0.139. The Balaban J connectivity index is 2.06. The number of aryl methyl sites for hydroxylation is 1. The largest absolute Gasteiger partial charge is 0.495 e. The molecule has 0 aliphatic rings. The van der Waals surface area contributed by atoms with Crippen LogP contribution in [0, 0.1) is 6.92 Å². The number of ether oxygens (including phenoxy) is 1. The smallest absolute Gasteiger partial charge is 0.264 e.